The molecule has 0 bridgehead atoms. The smallest absolute Gasteiger partial charge is 0.321 e. The van der Waals surface area contributed by atoms with E-state index >= 15 is 0 Å². The van der Waals surface area contributed by atoms with Gasteiger partial charge in [-0.1, -0.05) is 25.1 Å². The fourth-order valence-corrected chi connectivity index (χ4v) is 2.35. The van der Waals surface area contributed by atoms with Crippen LogP contribution in [0.4, 0.5) is 10.5 Å². The molecule has 0 spiro atoms. The first-order valence-corrected chi connectivity index (χ1v) is 7.60. The molecule has 1 aromatic carbocycles. The lowest BCUT2D eigenvalue weighted by atomic mass is 10.0. The zero-order valence-corrected chi connectivity index (χ0v) is 13.4. The molecule has 0 atom stereocenters. The number of anilines is 1. The third kappa shape index (κ3) is 3.28. The number of urea groups is 1. The predicted octanol–water partition coefficient (Wildman–Crippen LogP) is 2.83. The summed E-state index contributed by atoms with van der Waals surface area (Å²) < 4.78 is 10.4. The minimum atomic E-state index is -0.141. The summed E-state index contributed by atoms with van der Waals surface area (Å²) in [6, 6.07) is 7.13. The van der Waals surface area contributed by atoms with Crippen molar-refractivity contribution in [3.63, 3.8) is 0 Å². The highest BCUT2D eigenvalue weighted by Gasteiger charge is 2.35. The number of benzene rings is 1. The van der Waals surface area contributed by atoms with E-state index in [0.717, 1.165) is 0 Å². The van der Waals surface area contributed by atoms with Crippen LogP contribution in [0.2, 0.25) is 0 Å². The lowest BCUT2D eigenvalue weighted by molar-refractivity contribution is 0.147. The predicted molar refractivity (Wildman–Crippen MR) is 84.7 cm³/mol. The number of nitrogens with one attached hydrogen (secondary N) is 1. The number of nitrogens with zero attached hydrogens (tertiary/aromatic N) is 3. The van der Waals surface area contributed by atoms with E-state index in [1.54, 1.807) is 18.1 Å². The van der Waals surface area contributed by atoms with Gasteiger partial charge < -0.3 is 19.5 Å². The minimum absolute atomic E-state index is 0.117. The minimum Gasteiger partial charge on any atom is -0.497 e. The third-order valence-corrected chi connectivity index (χ3v) is 3.81. The number of amides is 2. The summed E-state index contributed by atoms with van der Waals surface area (Å²) in [5.74, 6) is 2.38. The van der Waals surface area contributed by atoms with Crippen LogP contribution in [0, 0.1) is 0 Å². The van der Waals surface area contributed by atoms with E-state index in [0.29, 0.717) is 36.2 Å². The Bertz CT molecular complexity index is 692. The van der Waals surface area contributed by atoms with Crippen LogP contribution >= 0.6 is 0 Å². The maximum absolute atomic E-state index is 12.2. The Labute approximate surface area is 134 Å². The van der Waals surface area contributed by atoms with Gasteiger partial charge in [0, 0.05) is 30.8 Å². The molecule has 1 aliphatic heterocycles. The standard InChI is InChI=1S/C16H20N4O3/c1-10(2)14-18-15(23-19-14)11-8-20(9-11)16(21)17-12-5-4-6-13(7-12)22-3/h4-7,10-11H,8-9H2,1-3H3,(H,17,21). The lowest BCUT2D eigenvalue weighted by Gasteiger charge is -2.36. The van der Waals surface area contributed by atoms with Gasteiger partial charge in [-0.05, 0) is 12.1 Å². The van der Waals surface area contributed by atoms with E-state index in [1.165, 1.54) is 0 Å². The van der Waals surface area contributed by atoms with Gasteiger partial charge in [0.1, 0.15) is 5.75 Å². The summed E-state index contributed by atoms with van der Waals surface area (Å²) in [7, 11) is 1.59. The lowest BCUT2D eigenvalue weighted by Crippen LogP contribution is -2.50. The van der Waals surface area contributed by atoms with Crippen LogP contribution in [0.1, 0.15) is 37.4 Å². The summed E-state index contributed by atoms with van der Waals surface area (Å²) >= 11 is 0. The number of carbonyl (C=O) groups is 1. The van der Waals surface area contributed by atoms with Crippen molar-refractivity contribution in [3.05, 3.63) is 36.0 Å². The summed E-state index contributed by atoms with van der Waals surface area (Å²) in [4.78, 5) is 18.3. The van der Waals surface area contributed by atoms with Crippen molar-refractivity contribution < 1.29 is 14.1 Å². The SMILES string of the molecule is COc1cccc(NC(=O)N2CC(c3nc(C(C)C)no3)C2)c1. The van der Waals surface area contributed by atoms with Crippen LogP contribution in [0.15, 0.2) is 28.8 Å². The fraction of sp³-hybridized carbons (Fsp3) is 0.438. The number of hydrogen-bond donors (Lipinski definition) is 1. The third-order valence-electron chi connectivity index (χ3n) is 3.81. The summed E-state index contributed by atoms with van der Waals surface area (Å²) in [6.07, 6.45) is 0. The highest BCUT2D eigenvalue weighted by Crippen LogP contribution is 2.27. The molecule has 1 aliphatic rings. The quantitative estimate of drug-likeness (QED) is 0.938. The maximum Gasteiger partial charge on any atom is 0.321 e. The molecule has 0 radical (unpaired) electrons. The van der Waals surface area contributed by atoms with Crippen LogP contribution in [0.5, 0.6) is 5.75 Å². The number of methoxy groups -OCH3 is 1. The van der Waals surface area contributed by atoms with Gasteiger partial charge in [0.2, 0.25) is 5.89 Å². The Morgan fingerprint density at radius 1 is 1.43 bits per heavy atom. The van der Waals surface area contributed by atoms with Crippen molar-refractivity contribution in [3.8, 4) is 5.75 Å². The molecule has 0 saturated carbocycles. The van der Waals surface area contributed by atoms with Crippen LogP contribution < -0.4 is 10.1 Å². The Morgan fingerprint density at radius 2 is 2.22 bits per heavy atom. The van der Waals surface area contributed by atoms with Crippen molar-refractivity contribution in [2.75, 3.05) is 25.5 Å². The van der Waals surface area contributed by atoms with Crippen LogP contribution in [-0.2, 0) is 0 Å². The molecule has 3 rings (SSSR count). The topological polar surface area (TPSA) is 80.5 Å². The van der Waals surface area contributed by atoms with Gasteiger partial charge in [-0.2, -0.15) is 4.98 Å². The monoisotopic (exact) mass is 316 g/mol. The van der Waals surface area contributed by atoms with E-state index in [4.69, 9.17) is 9.26 Å². The first kappa shape index (κ1) is 15.3. The first-order chi connectivity index (χ1) is 11.1. The molecule has 7 heteroatoms. The molecular formula is C16H20N4O3. The van der Waals surface area contributed by atoms with Crippen LogP contribution in [0.3, 0.4) is 0 Å². The van der Waals surface area contributed by atoms with Crippen molar-refractivity contribution in [1.82, 2.24) is 15.0 Å². The van der Waals surface area contributed by atoms with Crippen molar-refractivity contribution in [2.24, 2.45) is 0 Å². The van der Waals surface area contributed by atoms with Crippen LogP contribution in [-0.4, -0.2) is 41.3 Å². The van der Waals surface area contributed by atoms with Crippen LogP contribution in [0.25, 0.3) is 0 Å². The average molecular weight is 316 g/mol. The first-order valence-electron chi connectivity index (χ1n) is 7.60. The van der Waals surface area contributed by atoms with E-state index in [2.05, 4.69) is 15.5 Å². The van der Waals surface area contributed by atoms with Gasteiger partial charge in [-0.3, -0.25) is 0 Å². The molecule has 1 N–H and O–H groups in total. The largest absolute Gasteiger partial charge is 0.497 e. The normalized spacial score (nSPS) is 14.7. The van der Waals surface area contributed by atoms with Crippen molar-refractivity contribution in [2.45, 2.75) is 25.7 Å². The van der Waals surface area contributed by atoms with E-state index in [-0.39, 0.29) is 17.9 Å². The van der Waals surface area contributed by atoms with Crippen molar-refractivity contribution in [1.29, 1.82) is 0 Å². The number of ether oxygens (including phenoxy) is 1. The van der Waals surface area contributed by atoms with Gasteiger partial charge in [0.15, 0.2) is 5.82 Å². The number of rotatable bonds is 4. The fourth-order valence-electron chi connectivity index (χ4n) is 2.35. The molecule has 0 unspecified atom stereocenters. The second-order valence-corrected chi connectivity index (χ2v) is 5.91. The Hall–Kier alpha value is -2.57. The summed E-state index contributed by atoms with van der Waals surface area (Å²) in [6.45, 7) is 5.19. The zero-order chi connectivity index (χ0) is 16.4. The molecule has 7 nitrogen and oxygen atoms in total. The average Bonchev–Trinajstić information content (AvgIpc) is 2.95. The van der Waals surface area contributed by atoms with E-state index in [1.807, 2.05) is 32.0 Å². The highest BCUT2D eigenvalue weighted by molar-refractivity contribution is 5.90. The molecule has 23 heavy (non-hydrogen) atoms. The van der Waals surface area contributed by atoms with E-state index < -0.39 is 0 Å². The number of aromatic nitrogens is 2. The molecule has 2 heterocycles. The molecule has 2 amide bonds. The van der Waals surface area contributed by atoms with Gasteiger partial charge >= 0.3 is 6.03 Å². The second kappa shape index (κ2) is 6.28. The van der Waals surface area contributed by atoms with Gasteiger partial charge in [0.25, 0.3) is 0 Å². The molecule has 0 aliphatic carbocycles. The Balaban J connectivity index is 1.54. The zero-order valence-electron chi connectivity index (χ0n) is 13.4. The van der Waals surface area contributed by atoms with Gasteiger partial charge in [0.05, 0.1) is 13.0 Å². The number of likely N-dealkylation sites (tertiary alicyclic amines) is 1. The highest BCUT2D eigenvalue weighted by atomic mass is 16.5. The molecular weight excluding hydrogens is 296 g/mol. The molecule has 122 valence electrons. The van der Waals surface area contributed by atoms with Crippen molar-refractivity contribution >= 4 is 11.7 Å². The second-order valence-electron chi connectivity index (χ2n) is 5.91. The Morgan fingerprint density at radius 3 is 2.87 bits per heavy atom. The summed E-state index contributed by atoms with van der Waals surface area (Å²) in [5, 5.41) is 6.81. The Kier molecular flexibility index (Phi) is 4.18. The molecule has 1 fully saturated rings. The number of hydrogen-bond acceptors (Lipinski definition) is 5. The van der Waals surface area contributed by atoms with Gasteiger partial charge in [-0.25, -0.2) is 4.79 Å². The van der Waals surface area contributed by atoms with E-state index in [9.17, 15) is 4.79 Å². The molecule has 1 saturated heterocycles. The van der Waals surface area contributed by atoms with Gasteiger partial charge in [-0.15, -0.1) is 0 Å². The molecule has 2 aromatic rings. The molecule has 1 aromatic heterocycles. The maximum atomic E-state index is 12.2. The number of carbonyl (C=O) groups excluding carboxylic acids is 1. The summed E-state index contributed by atoms with van der Waals surface area (Å²) in [5.41, 5.74) is 0.706.